The van der Waals surface area contributed by atoms with E-state index in [9.17, 15) is 4.79 Å². The fourth-order valence-corrected chi connectivity index (χ4v) is 2.71. The summed E-state index contributed by atoms with van der Waals surface area (Å²) in [6.45, 7) is 6.83. The Morgan fingerprint density at radius 3 is 2.57 bits per heavy atom. The lowest BCUT2D eigenvalue weighted by molar-refractivity contribution is -0.130. The first-order chi connectivity index (χ1) is 10.7. The van der Waals surface area contributed by atoms with Gasteiger partial charge in [0.2, 0.25) is 5.91 Å². The van der Waals surface area contributed by atoms with Crippen LogP contribution >= 0.6 is 24.0 Å². The number of carbonyl (C=O) groups is 1. The third kappa shape index (κ3) is 9.17. The molecule has 1 amide bonds. The first-order valence-electron chi connectivity index (χ1n) is 8.49. The largest absolute Gasteiger partial charge is 0.347 e. The lowest BCUT2D eigenvalue weighted by Gasteiger charge is -2.28. The highest BCUT2D eigenvalue weighted by Gasteiger charge is 2.17. The number of hydrogen-bond acceptors (Lipinski definition) is 2. The van der Waals surface area contributed by atoms with Crippen molar-refractivity contribution in [3.8, 4) is 0 Å². The smallest absolute Gasteiger partial charge is 0.241 e. The standard InChI is InChI=1S/C17H32N4O.HI/c1-4-5-6-7-9-12-20(3)17(18-2)19-15-16(22)21-13-10-8-11-14-21;/h4H,1,5-15H2,2-3H3,(H,18,19);1H. The highest BCUT2D eigenvalue weighted by Crippen LogP contribution is 2.08. The molecule has 0 aromatic carbocycles. The van der Waals surface area contributed by atoms with Crippen molar-refractivity contribution in [3.05, 3.63) is 12.7 Å². The van der Waals surface area contributed by atoms with Gasteiger partial charge in [-0.3, -0.25) is 9.79 Å². The van der Waals surface area contributed by atoms with Gasteiger partial charge < -0.3 is 15.1 Å². The molecule has 0 aromatic rings. The molecule has 1 saturated heterocycles. The summed E-state index contributed by atoms with van der Waals surface area (Å²) in [6, 6.07) is 0. The summed E-state index contributed by atoms with van der Waals surface area (Å²) >= 11 is 0. The molecule has 6 heteroatoms. The molecule has 5 nitrogen and oxygen atoms in total. The van der Waals surface area contributed by atoms with E-state index in [4.69, 9.17) is 0 Å². The van der Waals surface area contributed by atoms with Gasteiger partial charge in [-0.25, -0.2) is 0 Å². The van der Waals surface area contributed by atoms with Crippen molar-refractivity contribution in [2.24, 2.45) is 4.99 Å². The number of nitrogens with one attached hydrogen (secondary N) is 1. The van der Waals surface area contributed by atoms with Crippen molar-refractivity contribution in [3.63, 3.8) is 0 Å². The Labute approximate surface area is 158 Å². The van der Waals surface area contributed by atoms with Crippen molar-refractivity contribution < 1.29 is 4.79 Å². The van der Waals surface area contributed by atoms with E-state index in [0.717, 1.165) is 51.3 Å². The van der Waals surface area contributed by atoms with E-state index < -0.39 is 0 Å². The molecule has 0 spiro atoms. The maximum absolute atomic E-state index is 12.2. The number of amides is 1. The highest BCUT2D eigenvalue weighted by molar-refractivity contribution is 14.0. The van der Waals surface area contributed by atoms with Gasteiger partial charge >= 0.3 is 0 Å². The maximum atomic E-state index is 12.2. The molecule has 0 radical (unpaired) electrons. The van der Waals surface area contributed by atoms with Crippen molar-refractivity contribution in [1.29, 1.82) is 0 Å². The molecule has 1 heterocycles. The molecule has 1 aliphatic heterocycles. The van der Waals surface area contributed by atoms with Gasteiger partial charge in [-0.1, -0.05) is 12.5 Å². The molecule has 1 N–H and O–H groups in total. The average molecular weight is 436 g/mol. The molecule has 23 heavy (non-hydrogen) atoms. The van der Waals surface area contributed by atoms with Crippen LogP contribution in [0.1, 0.15) is 44.9 Å². The third-order valence-electron chi connectivity index (χ3n) is 4.08. The summed E-state index contributed by atoms with van der Waals surface area (Å²) in [4.78, 5) is 20.5. The van der Waals surface area contributed by atoms with Crippen molar-refractivity contribution in [2.45, 2.75) is 44.9 Å². The highest BCUT2D eigenvalue weighted by atomic mass is 127. The van der Waals surface area contributed by atoms with E-state index >= 15 is 0 Å². The van der Waals surface area contributed by atoms with E-state index in [-0.39, 0.29) is 29.9 Å². The molecular weight excluding hydrogens is 403 g/mol. The van der Waals surface area contributed by atoms with Crippen molar-refractivity contribution in [2.75, 3.05) is 40.3 Å². The van der Waals surface area contributed by atoms with Crippen LogP contribution in [0.25, 0.3) is 0 Å². The average Bonchev–Trinajstić information content (AvgIpc) is 2.55. The lowest BCUT2D eigenvalue weighted by atomic mass is 10.1. The van der Waals surface area contributed by atoms with Crippen molar-refractivity contribution >= 4 is 35.8 Å². The number of likely N-dealkylation sites (tertiary alicyclic amines) is 1. The molecular formula is C17H33IN4O. The Kier molecular flexibility index (Phi) is 13.2. The van der Waals surface area contributed by atoms with Crippen molar-refractivity contribution in [1.82, 2.24) is 15.1 Å². The molecule has 0 saturated carbocycles. The minimum Gasteiger partial charge on any atom is -0.347 e. The second kappa shape index (κ2) is 13.6. The topological polar surface area (TPSA) is 47.9 Å². The van der Waals surface area contributed by atoms with Gasteiger partial charge in [-0.05, 0) is 38.5 Å². The van der Waals surface area contributed by atoms with Gasteiger partial charge in [0.25, 0.3) is 0 Å². The van der Waals surface area contributed by atoms with Gasteiger partial charge in [-0.2, -0.15) is 0 Å². The number of piperidine rings is 1. The van der Waals surface area contributed by atoms with Crippen LogP contribution in [-0.4, -0.2) is 61.9 Å². The van der Waals surface area contributed by atoms with Crippen LogP contribution in [0.15, 0.2) is 17.6 Å². The lowest BCUT2D eigenvalue weighted by Crippen LogP contribution is -2.46. The number of halogens is 1. The molecule has 1 aliphatic rings. The van der Waals surface area contributed by atoms with E-state index in [0.29, 0.717) is 6.54 Å². The summed E-state index contributed by atoms with van der Waals surface area (Å²) < 4.78 is 0. The van der Waals surface area contributed by atoms with E-state index in [1.807, 2.05) is 18.0 Å². The van der Waals surface area contributed by atoms with Crippen LogP contribution in [0.5, 0.6) is 0 Å². The Bertz CT molecular complexity index is 368. The monoisotopic (exact) mass is 436 g/mol. The first-order valence-corrected chi connectivity index (χ1v) is 8.49. The molecule has 1 fully saturated rings. The minimum atomic E-state index is 0. The van der Waals surface area contributed by atoms with E-state index in [1.54, 1.807) is 7.05 Å². The molecule has 1 rings (SSSR count). The van der Waals surface area contributed by atoms with Gasteiger partial charge in [-0.15, -0.1) is 30.6 Å². The number of unbranched alkanes of at least 4 members (excludes halogenated alkanes) is 3. The SMILES string of the molecule is C=CCCCCCN(C)C(=NC)NCC(=O)N1CCCCC1.I. The predicted molar refractivity (Wildman–Crippen MR) is 109 cm³/mol. The van der Waals surface area contributed by atoms with Crippen LogP contribution < -0.4 is 5.32 Å². The number of allylic oxidation sites excluding steroid dienone is 1. The molecule has 0 atom stereocenters. The van der Waals surface area contributed by atoms with E-state index in [2.05, 4.69) is 21.8 Å². The number of guanidine groups is 1. The Hall–Kier alpha value is -0.790. The molecule has 0 aromatic heterocycles. The van der Waals surface area contributed by atoms with Gasteiger partial charge in [0.15, 0.2) is 5.96 Å². The maximum Gasteiger partial charge on any atom is 0.241 e. The van der Waals surface area contributed by atoms with Crippen LogP contribution in [0.3, 0.4) is 0 Å². The van der Waals surface area contributed by atoms with Crippen LogP contribution in [0, 0.1) is 0 Å². The number of hydrogen-bond donors (Lipinski definition) is 1. The van der Waals surface area contributed by atoms with Crippen LogP contribution in [0.2, 0.25) is 0 Å². The summed E-state index contributed by atoms with van der Waals surface area (Å²) in [5.41, 5.74) is 0. The zero-order valence-corrected chi connectivity index (χ0v) is 17.1. The molecule has 0 aliphatic carbocycles. The summed E-state index contributed by atoms with van der Waals surface area (Å²) in [5, 5.41) is 3.19. The predicted octanol–water partition coefficient (Wildman–Crippen LogP) is 2.87. The van der Waals surface area contributed by atoms with Crippen LogP contribution in [-0.2, 0) is 4.79 Å². The molecule has 0 bridgehead atoms. The van der Waals surface area contributed by atoms with Gasteiger partial charge in [0, 0.05) is 33.7 Å². The fourth-order valence-electron chi connectivity index (χ4n) is 2.71. The number of nitrogens with zero attached hydrogens (tertiary/aromatic N) is 3. The summed E-state index contributed by atoms with van der Waals surface area (Å²) in [7, 11) is 3.79. The normalized spacial score (nSPS) is 14.9. The number of carbonyl (C=O) groups excluding carboxylic acids is 1. The molecule has 0 unspecified atom stereocenters. The Morgan fingerprint density at radius 1 is 1.26 bits per heavy atom. The zero-order chi connectivity index (χ0) is 16.2. The minimum absolute atomic E-state index is 0. The second-order valence-corrected chi connectivity index (χ2v) is 5.90. The third-order valence-corrected chi connectivity index (χ3v) is 4.08. The number of rotatable bonds is 8. The Balaban J connectivity index is 0.00000484. The Morgan fingerprint density at radius 2 is 1.96 bits per heavy atom. The molecule has 134 valence electrons. The van der Waals surface area contributed by atoms with Crippen LogP contribution in [0.4, 0.5) is 0 Å². The fraction of sp³-hybridized carbons (Fsp3) is 0.765. The first kappa shape index (κ1) is 22.2. The zero-order valence-electron chi connectivity index (χ0n) is 14.7. The second-order valence-electron chi connectivity index (χ2n) is 5.90. The number of aliphatic imine (C=N–C) groups is 1. The van der Waals surface area contributed by atoms with Gasteiger partial charge in [0.1, 0.15) is 0 Å². The van der Waals surface area contributed by atoms with Gasteiger partial charge in [0.05, 0.1) is 6.54 Å². The summed E-state index contributed by atoms with van der Waals surface area (Å²) in [5.74, 6) is 0.981. The quantitative estimate of drug-likeness (QED) is 0.209. The summed E-state index contributed by atoms with van der Waals surface area (Å²) in [6.07, 6.45) is 10.1. The van der Waals surface area contributed by atoms with E-state index in [1.165, 1.54) is 19.3 Å².